The van der Waals surface area contributed by atoms with Crippen molar-refractivity contribution in [1.29, 1.82) is 0 Å². The summed E-state index contributed by atoms with van der Waals surface area (Å²) in [7, 11) is -1.92. The standard InChI is InChI=1S/C23H28FN4O3S/c1-26-9-7-19(8-10-26)27-13-16-11-17(15-27)22-6-5-21(23(29)28(22)14-16)25-32(30,31)20-4-2-3-18(24)12-20/h2-6,12,16-17,19H,7-11,13-15H2,1H3/q-1/p+1/t16-,17+/m0/s1. The fourth-order valence-corrected chi connectivity index (χ4v) is 6.62. The summed E-state index contributed by atoms with van der Waals surface area (Å²) in [5.74, 6) is -0.0102. The van der Waals surface area contributed by atoms with E-state index in [9.17, 15) is 17.6 Å². The van der Waals surface area contributed by atoms with E-state index in [1.54, 1.807) is 9.47 Å². The van der Waals surface area contributed by atoms with Gasteiger partial charge >= 0.3 is 0 Å². The highest BCUT2D eigenvalue weighted by Gasteiger charge is 2.38. The third-order valence-corrected chi connectivity index (χ3v) is 8.54. The Bertz CT molecular complexity index is 1170. The van der Waals surface area contributed by atoms with E-state index >= 15 is 0 Å². The number of piperidine rings is 2. The molecule has 3 aliphatic heterocycles. The molecule has 2 atom stereocenters. The molecule has 172 valence electrons. The Balaban J connectivity index is 1.38. The van der Waals surface area contributed by atoms with Crippen LogP contribution < -0.4 is 10.5 Å². The van der Waals surface area contributed by atoms with Gasteiger partial charge < -0.3 is 14.2 Å². The molecule has 2 bridgehead atoms. The highest BCUT2D eigenvalue weighted by molar-refractivity contribution is 7.94. The van der Waals surface area contributed by atoms with Crippen LogP contribution in [0.25, 0.3) is 4.72 Å². The lowest BCUT2D eigenvalue weighted by molar-refractivity contribution is -0.885. The van der Waals surface area contributed by atoms with Gasteiger partial charge in [-0.3, -0.25) is 9.69 Å². The summed E-state index contributed by atoms with van der Waals surface area (Å²) in [6.07, 6.45) is 3.49. The van der Waals surface area contributed by atoms with Crippen LogP contribution in [0.5, 0.6) is 0 Å². The predicted molar refractivity (Wildman–Crippen MR) is 119 cm³/mol. The first-order chi connectivity index (χ1) is 15.3. The van der Waals surface area contributed by atoms with Crippen molar-refractivity contribution in [2.24, 2.45) is 5.92 Å². The molecule has 2 saturated heterocycles. The molecule has 7 nitrogen and oxygen atoms in total. The maximum absolute atomic E-state index is 13.5. The third kappa shape index (κ3) is 4.09. The Hall–Kier alpha value is -2.23. The van der Waals surface area contributed by atoms with Gasteiger partial charge in [-0.2, -0.15) is 0 Å². The summed E-state index contributed by atoms with van der Waals surface area (Å²) in [6, 6.07) is 8.65. The average Bonchev–Trinajstić information content (AvgIpc) is 2.76. The number of rotatable bonds is 4. The maximum Gasteiger partial charge on any atom is 0.236 e. The number of aromatic nitrogens is 1. The molecule has 0 aliphatic carbocycles. The van der Waals surface area contributed by atoms with Crippen molar-refractivity contribution in [3.8, 4) is 0 Å². The minimum absolute atomic E-state index is 0.117. The third-order valence-electron chi connectivity index (χ3n) is 7.25. The second-order valence-corrected chi connectivity index (χ2v) is 11.1. The minimum Gasteiger partial charge on any atom is -0.568 e. The first kappa shape index (κ1) is 21.6. The number of nitrogens with one attached hydrogen (secondary N) is 1. The van der Waals surface area contributed by atoms with E-state index < -0.39 is 15.8 Å². The van der Waals surface area contributed by atoms with Crippen LogP contribution in [-0.4, -0.2) is 57.2 Å². The molecular weight excluding hydrogens is 431 g/mol. The van der Waals surface area contributed by atoms with E-state index in [1.807, 2.05) is 6.07 Å². The van der Waals surface area contributed by atoms with E-state index in [0.717, 1.165) is 31.3 Å². The lowest BCUT2D eigenvalue weighted by Crippen LogP contribution is -3.10. The fraction of sp³-hybridized carbons (Fsp3) is 0.522. The average molecular weight is 461 g/mol. The first-order valence-electron chi connectivity index (χ1n) is 11.3. The van der Waals surface area contributed by atoms with Crippen molar-refractivity contribution in [2.45, 2.75) is 42.7 Å². The Morgan fingerprint density at radius 3 is 2.62 bits per heavy atom. The van der Waals surface area contributed by atoms with Crippen molar-refractivity contribution < 1.29 is 17.7 Å². The van der Waals surface area contributed by atoms with E-state index in [-0.39, 0.29) is 22.1 Å². The molecule has 32 heavy (non-hydrogen) atoms. The van der Waals surface area contributed by atoms with Crippen LogP contribution in [-0.2, 0) is 16.6 Å². The van der Waals surface area contributed by atoms with Gasteiger partial charge in [-0.05, 0) is 36.6 Å². The van der Waals surface area contributed by atoms with Crippen LogP contribution in [0, 0.1) is 11.7 Å². The Morgan fingerprint density at radius 2 is 1.88 bits per heavy atom. The van der Waals surface area contributed by atoms with Gasteiger partial charge in [-0.1, -0.05) is 17.8 Å². The smallest absolute Gasteiger partial charge is 0.236 e. The number of hydrogen-bond donors (Lipinski definition) is 1. The summed E-state index contributed by atoms with van der Waals surface area (Å²) in [5, 5.41) is 0. The zero-order valence-corrected chi connectivity index (χ0v) is 19.0. The number of hydrogen-bond acceptors (Lipinski definition) is 4. The molecule has 5 rings (SSSR count). The zero-order valence-electron chi connectivity index (χ0n) is 18.2. The van der Waals surface area contributed by atoms with Crippen molar-refractivity contribution >= 4 is 15.7 Å². The zero-order chi connectivity index (χ0) is 22.5. The lowest BCUT2D eigenvalue weighted by Gasteiger charge is -2.47. The van der Waals surface area contributed by atoms with E-state index in [0.29, 0.717) is 18.5 Å². The number of quaternary nitrogens is 1. The minimum atomic E-state index is -4.17. The van der Waals surface area contributed by atoms with E-state index in [4.69, 9.17) is 0 Å². The van der Waals surface area contributed by atoms with Gasteiger partial charge in [0.1, 0.15) is 15.8 Å². The van der Waals surface area contributed by atoms with Gasteiger partial charge in [0.05, 0.1) is 25.0 Å². The second-order valence-electron chi connectivity index (χ2n) is 9.52. The molecule has 1 aromatic heterocycles. The summed E-state index contributed by atoms with van der Waals surface area (Å²) >= 11 is 0. The monoisotopic (exact) mass is 460 g/mol. The Kier molecular flexibility index (Phi) is 5.59. The van der Waals surface area contributed by atoms with Crippen LogP contribution in [0.1, 0.15) is 30.9 Å². The normalized spacial score (nSPS) is 28.2. The molecule has 4 heterocycles. The number of pyridine rings is 1. The fourth-order valence-electron chi connectivity index (χ4n) is 5.61. The Morgan fingerprint density at radius 1 is 1.09 bits per heavy atom. The molecule has 0 saturated carbocycles. The van der Waals surface area contributed by atoms with Crippen molar-refractivity contribution in [3.63, 3.8) is 0 Å². The second kappa shape index (κ2) is 8.28. The number of likely N-dealkylation sites (tertiary alicyclic amines) is 2. The molecule has 0 amide bonds. The maximum atomic E-state index is 13.5. The van der Waals surface area contributed by atoms with Gasteiger partial charge in [-0.15, -0.1) is 0 Å². The molecule has 2 fully saturated rings. The van der Waals surface area contributed by atoms with Gasteiger partial charge in [0, 0.05) is 50.1 Å². The van der Waals surface area contributed by atoms with Gasteiger partial charge in [0.25, 0.3) is 0 Å². The van der Waals surface area contributed by atoms with Crippen LogP contribution in [0.2, 0.25) is 0 Å². The quantitative estimate of drug-likeness (QED) is 0.750. The lowest BCUT2D eigenvalue weighted by atomic mass is 9.82. The molecule has 2 aromatic rings. The molecule has 0 unspecified atom stereocenters. The highest BCUT2D eigenvalue weighted by atomic mass is 32.2. The van der Waals surface area contributed by atoms with Crippen LogP contribution in [0.15, 0.2) is 46.1 Å². The largest absolute Gasteiger partial charge is 0.568 e. The Labute approximate surface area is 187 Å². The SMILES string of the molecule is C[NH+]1CCC(N2C[C@@H]3C[C@H](C2)c2ccc([N-]S(=O)(=O)c4cccc(F)c4)c(=O)n2C3)CC1. The van der Waals surface area contributed by atoms with Gasteiger partial charge in [0.2, 0.25) is 5.56 Å². The van der Waals surface area contributed by atoms with Crippen molar-refractivity contribution in [1.82, 2.24) is 9.47 Å². The van der Waals surface area contributed by atoms with Crippen LogP contribution in [0.4, 0.5) is 10.1 Å². The van der Waals surface area contributed by atoms with Crippen LogP contribution in [0.3, 0.4) is 0 Å². The molecule has 0 spiro atoms. The summed E-state index contributed by atoms with van der Waals surface area (Å²) in [4.78, 5) is 17.1. The summed E-state index contributed by atoms with van der Waals surface area (Å²) < 4.78 is 44.2. The predicted octanol–water partition coefficient (Wildman–Crippen LogP) is 1.48. The molecular formula is C23H29FN4O3S. The number of nitrogens with zero attached hydrogens (tertiary/aromatic N) is 3. The van der Waals surface area contributed by atoms with Gasteiger partial charge in [0.15, 0.2) is 0 Å². The van der Waals surface area contributed by atoms with E-state index in [1.165, 1.54) is 50.2 Å². The van der Waals surface area contributed by atoms with Crippen LogP contribution >= 0.6 is 0 Å². The van der Waals surface area contributed by atoms with Crippen molar-refractivity contribution in [3.05, 3.63) is 63.0 Å². The number of sulfonamides is 1. The number of benzene rings is 1. The van der Waals surface area contributed by atoms with E-state index in [2.05, 4.69) is 16.7 Å². The highest BCUT2D eigenvalue weighted by Crippen LogP contribution is 2.37. The molecule has 1 N–H and O–H groups in total. The molecule has 0 radical (unpaired) electrons. The molecule has 9 heteroatoms. The summed E-state index contributed by atoms with van der Waals surface area (Å²) in [5.41, 5.74) is 0.471. The van der Waals surface area contributed by atoms with Crippen molar-refractivity contribution in [2.75, 3.05) is 33.2 Å². The number of halogens is 1. The molecule has 1 aromatic carbocycles. The molecule has 3 aliphatic rings. The topological polar surface area (TPSA) is 77.9 Å². The summed E-state index contributed by atoms with van der Waals surface area (Å²) in [6.45, 7) is 4.92. The van der Waals surface area contributed by atoms with Gasteiger partial charge in [-0.25, -0.2) is 12.8 Å². The first-order valence-corrected chi connectivity index (χ1v) is 12.8. The number of fused-ring (bicyclic) bond motifs is 4.